The largest absolute Gasteiger partial charge is 0.463 e. The van der Waals surface area contributed by atoms with Gasteiger partial charge in [-0.15, -0.1) is 0 Å². The first kappa shape index (κ1) is 9.65. The van der Waals surface area contributed by atoms with Crippen molar-refractivity contribution in [3.05, 3.63) is 11.6 Å². The molecular weight excluding hydrogens is 172 g/mol. The number of ether oxygens (including phenoxy) is 1. The van der Waals surface area contributed by atoms with Crippen LogP contribution >= 0.6 is 11.8 Å². The topological polar surface area (TPSA) is 26.3 Å². The van der Waals surface area contributed by atoms with Gasteiger partial charge in [0.25, 0.3) is 0 Å². The second-order valence-corrected chi connectivity index (χ2v) is 3.82. The predicted molar refractivity (Wildman–Crippen MR) is 51.3 cm³/mol. The molecule has 0 saturated carbocycles. The molecule has 1 fully saturated rings. The van der Waals surface area contributed by atoms with Crippen molar-refractivity contribution < 1.29 is 9.53 Å². The van der Waals surface area contributed by atoms with Crippen LogP contribution in [0.25, 0.3) is 0 Å². The van der Waals surface area contributed by atoms with E-state index in [4.69, 9.17) is 4.74 Å². The molecule has 2 nitrogen and oxygen atoms in total. The lowest BCUT2D eigenvalue weighted by Gasteiger charge is -2.12. The zero-order chi connectivity index (χ0) is 8.81. The molecule has 3 heteroatoms. The molecule has 1 saturated heterocycles. The molecular formula is C9H14O2S. The third-order valence-corrected chi connectivity index (χ3v) is 2.83. The van der Waals surface area contributed by atoms with E-state index in [2.05, 4.69) is 0 Å². The highest BCUT2D eigenvalue weighted by atomic mass is 32.2. The minimum absolute atomic E-state index is 0.185. The molecule has 1 heterocycles. The summed E-state index contributed by atoms with van der Waals surface area (Å²) in [6.07, 6.45) is 3.90. The molecule has 0 aromatic carbocycles. The zero-order valence-electron chi connectivity index (χ0n) is 7.34. The van der Waals surface area contributed by atoms with E-state index in [-0.39, 0.29) is 5.97 Å². The van der Waals surface area contributed by atoms with Gasteiger partial charge in [0.1, 0.15) is 0 Å². The summed E-state index contributed by atoms with van der Waals surface area (Å²) < 4.78 is 4.82. The lowest BCUT2D eigenvalue weighted by atomic mass is 10.1. The summed E-state index contributed by atoms with van der Waals surface area (Å²) >= 11 is 1.89. The van der Waals surface area contributed by atoms with E-state index in [9.17, 15) is 4.79 Å². The molecule has 12 heavy (non-hydrogen) atoms. The van der Waals surface area contributed by atoms with Crippen molar-refractivity contribution >= 4 is 17.7 Å². The van der Waals surface area contributed by atoms with Crippen molar-refractivity contribution in [3.63, 3.8) is 0 Å². The quantitative estimate of drug-likeness (QED) is 0.487. The molecule has 1 rings (SSSR count). The Morgan fingerprint density at radius 2 is 2.58 bits per heavy atom. The van der Waals surface area contributed by atoms with Gasteiger partial charge in [-0.1, -0.05) is 5.57 Å². The first-order valence-electron chi connectivity index (χ1n) is 4.27. The Morgan fingerprint density at radius 3 is 3.17 bits per heavy atom. The van der Waals surface area contributed by atoms with E-state index < -0.39 is 0 Å². The van der Waals surface area contributed by atoms with Crippen LogP contribution in [-0.2, 0) is 9.53 Å². The molecule has 1 aliphatic rings. The van der Waals surface area contributed by atoms with Crippen molar-refractivity contribution in [2.75, 3.05) is 18.1 Å². The first-order chi connectivity index (χ1) is 5.83. The molecule has 68 valence electrons. The molecule has 0 bridgehead atoms. The fourth-order valence-electron chi connectivity index (χ4n) is 1.14. The molecule has 1 aliphatic heterocycles. The number of carbonyl (C=O) groups is 1. The maximum atomic E-state index is 11.0. The Kier molecular flexibility index (Phi) is 4.22. The predicted octanol–water partition coefficient (Wildman–Crippen LogP) is 2.00. The first-order valence-corrected chi connectivity index (χ1v) is 5.42. The standard InChI is InChI=1S/C9H14O2S/c1-2-11-9(10)6-8-4-3-5-12-7-8/h6H,2-5,7H2,1H3. The Labute approximate surface area is 77.4 Å². The summed E-state index contributed by atoms with van der Waals surface area (Å²) in [7, 11) is 0. The number of esters is 1. The minimum atomic E-state index is -0.185. The number of carbonyl (C=O) groups excluding carboxylic acids is 1. The average molecular weight is 186 g/mol. The van der Waals surface area contributed by atoms with Gasteiger partial charge in [-0.25, -0.2) is 4.79 Å². The number of hydrogen-bond donors (Lipinski definition) is 0. The van der Waals surface area contributed by atoms with Crippen LogP contribution in [-0.4, -0.2) is 24.1 Å². The number of hydrogen-bond acceptors (Lipinski definition) is 3. The third kappa shape index (κ3) is 3.30. The molecule has 0 unspecified atom stereocenters. The van der Waals surface area contributed by atoms with Crippen molar-refractivity contribution in [1.29, 1.82) is 0 Å². The van der Waals surface area contributed by atoms with E-state index >= 15 is 0 Å². The highest BCUT2D eigenvalue weighted by Gasteiger charge is 2.07. The summed E-state index contributed by atoms with van der Waals surface area (Å²) in [6.45, 7) is 2.29. The van der Waals surface area contributed by atoms with Gasteiger partial charge < -0.3 is 4.74 Å². The van der Waals surface area contributed by atoms with Gasteiger partial charge in [-0.3, -0.25) is 0 Å². The highest BCUT2D eigenvalue weighted by Crippen LogP contribution is 2.21. The van der Waals surface area contributed by atoms with E-state index in [1.807, 2.05) is 18.7 Å². The zero-order valence-corrected chi connectivity index (χ0v) is 8.15. The second-order valence-electron chi connectivity index (χ2n) is 2.71. The maximum Gasteiger partial charge on any atom is 0.330 e. The Morgan fingerprint density at radius 1 is 1.75 bits per heavy atom. The number of rotatable bonds is 2. The fourth-order valence-corrected chi connectivity index (χ4v) is 2.12. The smallest absolute Gasteiger partial charge is 0.330 e. The van der Waals surface area contributed by atoms with Gasteiger partial charge >= 0.3 is 5.97 Å². The normalized spacial score (nSPS) is 20.9. The molecule has 0 amide bonds. The molecule has 0 radical (unpaired) electrons. The monoisotopic (exact) mass is 186 g/mol. The Hall–Kier alpha value is -0.440. The lowest BCUT2D eigenvalue weighted by Crippen LogP contribution is -2.05. The molecule has 0 aromatic rings. The van der Waals surface area contributed by atoms with Crippen molar-refractivity contribution in [2.24, 2.45) is 0 Å². The average Bonchev–Trinajstić information content (AvgIpc) is 2.06. The summed E-state index contributed by atoms with van der Waals surface area (Å²) in [4.78, 5) is 11.0. The van der Waals surface area contributed by atoms with Crippen molar-refractivity contribution in [3.8, 4) is 0 Å². The highest BCUT2D eigenvalue weighted by molar-refractivity contribution is 7.99. The molecule has 0 aliphatic carbocycles. The molecule has 0 N–H and O–H groups in total. The van der Waals surface area contributed by atoms with E-state index in [0.717, 1.165) is 12.2 Å². The molecule has 0 spiro atoms. The van der Waals surface area contributed by atoms with E-state index in [0.29, 0.717) is 6.61 Å². The van der Waals surface area contributed by atoms with E-state index in [1.165, 1.54) is 17.7 Å². The summed E-state index contributed by atoms with van der Waals surface area (Å²) in [6, 6.07) is 0. The molecule has 0 atom stereocenters. The van der Waals surface area contributed by atoms with Crippen molar-refractivity contribution in [2.45, 2.75) is 19.8 Å². The van der Waals surface area contributed by atoms with Gasteiger partial charge in [0, 0.05) is 11.8 Å². The fraction of sp³-hybridized carbons (Fsp3) is 0.667. The minimum Gasteiger partial charge on any atom is -0.463 e. The Bertz CT molecular complexity index is 179. The second kappa shape index (κ2) is 5.25. The van der Waals surface area contributed by atoms with Gasteiger partial charge in [0.2, 0.25) is 0 Å². The Balaban J connectivity index is 2.37. The van der Waals surface area contributed by atoms with Gasteiger partial charge in [-0.2, -0.15) is 11.8 Å². The third-order valence-electron chi connectivity index (χ3n) is 1.68. The van der Waals surface area contributed by atoms with Crippen LogP contribution < -0.4 is 0 Å². The van der Waals surface area contributed by atoms with Crippen LogP contribution in [0.1, 0.15) is 19.8 Å². The van der Waals surface area contributed by atoms with Crippen molar-refractivity contribution in [1.82, 2.24) is 0 Å². The summed E-state index contributed by atoms with van der Waals surface area (Å²) in [5.74, 6) is 2.04. The molecule has 0 aromatic heterocycles. The van der Waals surface area contributed by atoms with Crippen LogP contribution in [0.3, 0.4) is 0 Å². The van der Waals surface area contributed by atoms with Crippen LogP contribution in [0.15, 0.2) is 11.6 Å². The maximum absolute atomic E-state index is 11.0. The summed E-state index contributed by atoms with van der Waals surface area (Å²) in [5.41, 5.74) is 1.23. The van der Waals surface area contributed by atoms with Crippen LogP contribution in [0, 0.1) is 0 Å². The lowest BCUT2D eigenvalue weighted by molar-refractivity contribution is -0.137. The van der Waals surface area contributed by atoms with Crippen LogP contribution in [0.5, 0.6) is 0 Å². The summed E-state index contributed by atoms with van der Waals surface area (Å²) in [5, 5.41) is 0. The SMILES string of the molecule is CCOC(=O)C=C1CCCSC1. The number of thioether (sulfide) groups is 1. The van der Waals surface area contributed by atoms with Gasteiger partial charge in [0.15, 0.2) is 0 Å². The van der Waals surface area contributed by atoms with Gasteiger partial charge in [-0.05, 0) is 25.5 Å². The van der Waals surface area contributed by atoms with Crippen LogP contribution in [0.2, 0.25) is 0 Å². The van der Waals surface area contributed by atoms with Gasteiger partial charge in [0.05, 0.1) is 6.61 Å². The van der Waals surface area contributed by atoms with Crippen LogP contribution in [0.4, 0.5) is 0 Å². The van der Waals surface area contributed by atoms with E-state index in [1.54, 1.807) is 6.08 Å².